The molecule has 1 aliphatic rings. The van der Waals surface area contributed by atoms with Crippen molar-refractivity contribution < 1.29 is 33.5 Å². The minimum Gasteiger partial charge on any atom is -0.486 e. The molecule has 0 aliphatic carbocycles. The molecule has 10 heteroatoms. The summed E-state index contributed by atoms with van der Waals surface area (Å²) >= 11 is 0. The molecule has 0 aromatic heterocycles. The molecule has 1 aliphatic heterocycles. The number of fused-ring (bicyclic) bond motifs is 1. The number of nitrogens with one attached hydrogen (secondary N) is 1. The van der Waals surface area contributed by atoms with Gasteiger partial charge in [-0.15, -0.1) is 0 Å². The van der Waals surface area contributed by atoms with E-state index in [1.807, 2.05) is 0 Å². The summed E-state index contributed by atoms with van der Waals surface area (Å²) in [4.78, 5) is 35.3. The average Bonchev–Trinajstić information content (AvgIpc) is 2.77. The van der Waals surface area contributed by atoms with Crippen molar-refractivity contribution in [3.05, 3.63) is 57.6 Å². The number of esters is 1. The third kappa shape index (κ3) is 5.03. The van der Waals surface area contributed by atoms with Crippen molar-refractivity contribution >= 4 is 23.1 Å². The molecule has 0 atom stereocenters. The fourth-order valence-corrected chi connectivity index (χ4v) is 2.76. The standard InChI is InChI=1S/C20H20N2O8/c1-27-7-6-21-15-4-2-14(10-16(15)22(25)26)20(24)30-12-17(23)13-3-5-18-19(11-13)29-9-8-28-18/h2-5,10-11,21H,6-9,12H2,1H3. The van der Waals surface area contributed by atoms with Crippen molar-refractivity contribution in [2.24, 2.45) is 0 Å². The molecule has 0 amide bonds. The van der Waals surface area contributed by atoms with Crippen molar-refractivity contribution in [1.82, 2.24) is 0 Å². The minimum atomic E-state index is -0.840. The summed E-state index contributed by atoms with van der Waals surface area (Å²) in [5, 5.41) is 14.2. The van der Waals surface area contributed by atoms with E-state index in [1.165, 1.54) is 25.3 Å². The Morgan fingerprint density at radius 1 is 1.10 bits per heavy atom. The highest BCUT2D eigenvalue weighted by atomic mass is 16.6. The van der Waals surface area contributed by atoms with Gasteiger partial charge in [0, 0.05) is 25.3 Å². The molecule has 0 bridgehead atoms. The normalized spacial score (nSPS) is 12.2. The Balaban J connectivity index is 1.64. The summed E-state index contributed by atoms with van der Waals surface area (Å²) in [6.07, 6.45) is 0. The van der Waals surface area contributed by atoms with Crippen LogP contribution in [0.4, 0.5) is 11.4 Å². The Kier molecular flexibility index (Phi) is 6.81. The van der Waals surface area contributed by atoms with Crippen LogP contribution in [0.25, 0.3) is 0 Å². The molecule has 1 heterocycles. The van der Waals surface area contributed by atoms with Gasteiger partial charge in [0.1, 0.15) is 18.9 Å². The number of Topliss-reactive ketones (excluding diaryl/α,β-unsaturated/α-hetero) is 1. The molecular weight excluding hydrogens is 396 g/mol. The van der Waals surface area contributed by atoms with Crippen molar-refractivity contribution in [2.45, 2.75) is 0 Å². The first-order chi connectivity index (χ1) is 14.5. The Bertz CT molecular complexity index is 960. The fourth-order valence-electron chi connectivity index (χ4n) is 2.76. The number of nitrogens with zero attached hydrogens (tertiary/aromatic N) is 1. The van der Waals surface area contributed by atoms with Crippen LogP contribution in [0.15, 0.2) is 36.4 Å². The van der Waals surface area contributed by atoms with Gasteiger partial charge in [-0.05, 0) is 30.3 Å². The van der Waals surface area contributed by atoms with Gasteiger partial charge in [0.15, 0.2) is 23.9 Å². The topological polar surface area (TPSA) is 126 Å². The zero-order chi connectivity index (χ0) is 21.5. The number of hydrogen-bond acceptors (Lipinski definition) is 9. The van der Waals surface area contributed by atoms with E-state index in [4.69, 9.17) is 18.9 Å². The maximum absolute atomic E-state index is 12.3. The summed E-state index contributed by atoms with van der Waals surface area (Å²) in [7, 11) is 1.52. The molecule has 2 aromatic rings. The van der Waals surface area contributed by atoms with E-state index < -0.39 is 23.3 Å². The summed E-state index contributed by atoms with van der Waals surface area (Å²) in [5.74, 6) is -0.285. The SMILES string of the molecule is COCCNc1ccc(C(=O)OCC(=O)c2ccc3c(c2)OCCO3)cc1[N+](=O)[O-]. The molecule has 10 nitrogen and oxygen atoms in total. The minimum absolute atomic E-state index is 0.0334. The Morgan fingerprint density at radius 3 is 2.57 bits per heavy atom. The average molecular weight is 416 g/mol. The largest absolute Gasteiger partial charge is 0.486 e. The fraction of sp³-hybridized carbons (Fsp3) is 0.300. The lowest BCUT2D eigenvalue weighted by molar-refractivity contribution is -0.384. The van der Waals surface area contributed by atoms with Crippen LogP contribution in [-0.4, -0.2) is 56.8 Å². The molecule has 0 spiro atoms. The number of hydrogen-bond donors (Lipinski definition) is 1. The first kappa shape index (κ1) is 21.1. The lowest BCUT2D eigenvalue weighted by Crippen LogP contribution is -2.17. The van der Waals surface area contributed by atoms with Gasteiger partial charge in [-0.1, -0.05) is 0 Å². The predicted molar refractivity (Wildman–Crippen MR) is 106 cm³/mol. The Morgan fingerprint density at radius 2 is 1.83 bits per heavy atom. The number of nitro benzene ring substituents is 1. The number of nitro groups is 1. The highest BCUT2D eigenvalue weighted by Gasteiger charge is 2.20. The number of carbonyl (C=O) groups is 2. The van der Waals surface area contributed by atoms with Gasteiger partial charge in [0.05, 0.1) is 17.1 Å². The molecule has 0 radical (unpaired) electrons. The van der Waals surface area contributed by atoms with Crippen molar-refractivity contribution in [3.63, 3.8) is 0 Å². The van der Waals surface area contributed by atoms with Crippen LogP contribution in [0.2, 0.25) is 0 Å². The molecule has 0 saturated carbocycles. The molecule has 3 rings (SSSR count). The second-order valence-corrected chi connectivity index (χ2v) is 6.27. The molecule has 30 heavy (non-hydrogen) atoms. The van der Waals surface area contributed by atoms with Crippen LogP contribution in [0.5, 0.6) is 11.5 Å². The molecule has 0 fully saturated rings. The van der Waals surface area contributed by atoms with Crippen LogP contribution < -0.4 is 14.8 Å². The monoisotopic (exact) mass is 416 g/mol. The molecule has 1 N–H and O–H groups in total. The van der Waals surface area contributed by atoms with Crippen molar-refractivity contribution in [3.8, 4) is 11.5 Å². The first-order valence-corrected chi connectivity index (χ1v) is 9.11. The number of anilines is 1. The van der Waals surface area contributed by atoms with Crippen LogP contribution in [0, 0.1) is 10.1 Å². The third-order valence-corrected chi connectivity index (χ3v) is 4.25. The van der Waals surface area contributed by atoms with Crippen molar-refractivity contribution in [1.29, 1.82) is 0 Å². The van der Waals surface area contributed by atoms with Gasteiger partial charge in [0.25, 0.3) is 5.69 Å². The number of carbonyl (C=O) groups excluding carboxylic acids is 2. The zero-order valence-electron chi connectivity index (χ0n) is 16.2. The molecule has 2 aromatic carbocycles. The summed E-state index contributed by atoms with van der Waals surface area (Å²) in [6, 6.07) is 8.59. The van der Waals surface area contributed by atoms with Gasteiger partial charge < -0.3 is 24.3 Å². The quantitative estimate of drug-likeness (QED) is 0.216. The van der Waals surface area contributed by atoms with Crippen LogP contribution in [0.1, 0.15) is 20.7 Å². The number of ether oxygens (including phenoxy) is 4. The van der Waals surface area contributed by atoms with Crippen LogP contribution in [-0.2, 0) is 9.47 Å². The Hall–Kier alpha value is -3.66. The number of methoxy groups -OCH3 is 1. The smallest absolute Gasteiger partial charge is 0.338 e. The van der Waals surface area contributed by atoms with E-state index in [0.29, 0.717) is 43.4 Å². The number of ketones is 1. The zero-order valence-corrected chi connectivity index (χ0v) is 16.2. The van der Waals surface area contributed by atoms with Crippen LogP contribution in [0.3, 0.4) is 0 Å². The van der Waals surface area contributed by atoms with Gasteiger partial charge in [-0.3, -0.25) is 14.9 Å². The molecule has 158 valence electrons. The number of benzene rings is 2. The van der Waals surface area contributed by atoms with E-state index in [9.17, 15) is 19.7 Å². The maximum atomic E-state index is 12.3. The summed E-state index contributed by atoms with van der Waals surface area (Å²) in [5.41, 5.74) is 0.240. The third-order valence-electron chi connectivity index (χ3n) is 4.25. The summed E-state index contributed by atoms with van der Waals surface area (Å²) < 4.78 is 20.8. The van der Waals surface area contributed by atoms with Gasteiger partial charge in [-0.25, -0.2) is 4.79 Å². The molecule has 0 unspecified atom stereocenters. The maximum Gasteiger partial charge on any atom is 0.338 e. The van der Waals surface area contributed by atoms with E-state index in [0.717, 1.165) is 6.07 Å². The predicted octanol–water partition coefficient (Wildman–Crippen LogP) is 2.46. The lowest BCUT2D eigenvalue weighted by Gasteiger charge is -2.18. The summed E-state index contributed by atoms with van der Waals surface area (Å²) in [6.45, 7) is 1.04. The van der Waals surface area contributed by atoms with E-state index >= 15 is 0 Å². The highest BCUT2D eigenvalue weighted by Crippen LogP contribution is 2.31. The molecule has 0 saturated heterocycles. The Labute approximate surface area is 171 Å². The van der Waals surface area contributed by atoms with E-state index in [1.54, 1.807) is 12.1 Å². The van der Waals surface area contributed by atoms with Crippen molar-refractivity contribution in [2.75, 3.05) is 45.4 Å². The van der Waals surface area contributed by atoms with Gasteiger partial charge >= 0.3 is 5.97 Å². The lowest BCUT2D eigenvalue weighted by atomic mass is 10.1. The van der Waals surface area contributed by atoms with Gasteiger partial charge in [0.2, 0.25) is 0 Å². The molecular formula is C20H20N2O8. The van der Waals surface area contributed by atoms with E-state index in [-0.39, 0.29) is 16.9 Å². The first-order valence-electron chi connectivity index (χ1n) is 9.11. The second-order valence-electron chi connectivity index (χ2n) is 6.27. The highest BCUT2D eigenvalue weighted by molar-refractivity contribution is 6.00. The van der Waals surface area contributed by atoms with E-state index in [2.05, 4.69) is 5.32 Å². The van der Waals surface area contributed by atoms with Gasteiger partial charge in [-0.2, -0.15) is 0 Å². The van der Waals surface area contributed by atoms with Crippen LogP contribution >= 0.6 is 0 Å². The number of rotatable bonds is 9. The second kappa shape index (κ2) is 9.70.